The zero-order chi connectivity index (χ0) is 12.0. The molecule has 4 nitrogen and oxygen atoms in total. The number of carbonyl (C=O) groups excluding carboxylic acids is 1. The lowest BCUT2D eigenvalue weighted by atomic mass is 10.3. The highest BCUT2D eigenvalue weighted by Crippen LogP contribution is 2.39. The number of nitrogens with zero attached hydrogens (tertiary/aromatic N) is 2. The third kappa shape index (κ3) is 2.21. The lowest BCUT2D eigenvalue weighted by molar-refractivity contribution is -0.117. The Morgan fingerprint density at radius 1 is 1.59 bits per heavy atom. The molecule has 1 aromatic rings. The summed E-state index contributed by atoms with van der Waals surface area (Å²) < 4.78 is 1.96. The fraction of sp³-hybridized carbons (Fsp3) is 0.692. The summed E-state index contributed by atoms with van der Waals surface area (Å²) in [7, 11) is 0. The van der Waals surface area contributed by atoms with Gasteiger partial charge in [0.1, 0.15) is 5.82 Å². The number of carbonyl (C=O) groups is 1. The monoisotopic (exact) mass is 233 g/mol. The van der Waals surface area contributed by atoms with Crippen LogP contribution in [0.25, 0.3) is 0 Å². The predicted octanol–water partition coefficient (Wildman–Crippen LogP) is 2.20. The minimum absolute atomic E-state index is 0.165. The molecule has 0 saturated heterocycles. The first-order valence-corrected chi connectivity index (χ1v) is 6.48. The van der Waals surface area contributed by atoms with Crippen LogP contribution in [0, 0.1) is 24.7 Å². The normalized spacial score (nSPS) is 26.9. The van der Waals surface area contributed by atoms with Crippen LogP contribution in [-0.4, -0.2) is 15.7 Å². The van der Waals surface area contributed by atoms with E-state index in [1.807, 2.05) is 17.8 Å². The van der Waals surface area contributed by atoms with Crippen molar-refractivity contribution in [3.8, 4) is 0 Å². The Morgan fingerprint density at radius 2 is 2.29 bits per heavy atom. The standard InChI is InChI=1S/C13H19N3O/c1-8-5-11(8)13(17)15-12-9(2)6-14-16(12)7-10-3-4-10/h6,8,10-11H,3-5,7H2,1-2H3,(H,15,17)/t8-,11+/m1/s1. The summed E-state index contributed by atoms with van der Waals surface area (Å²) in [5.41, 5.74) is 1.06. The molecule has 2 atom stereocenters. The first kappa shape index (κ1) is 10.8. The van der Waals surface area contributed by atoms with Crippen molar-refractivity contribution in [3.63, 3.8) is 0 Å². The van der Waals surface area contributed by atoms with E-state index in [9.17, 15) is 4.79 Å². The van der Waals surface area contributed by atoms with Gasteiger partial charge in [0.25, 0.3) is 0 Å². The summed E-state index contributed by atoms with van der Waals surface area (Å²) in [6.45, 7) is 5.07. The molecule has 2 aliphatic rings. The molecule has 0 unspecified atom stereocenters. The Morgan fingerprint density at radius 3 is 2.88 bits per heavy atom. The lowest BCUT2D eigenvalue weighted by Crippen LogP contribution is -2.18. The molecule has 0 spiro atoms. The number of rotatable bonds is 4. The van der Waals surface area contributed by atoms with Gasteiger partial charge in [-0.1, -0.05) is 6.92 Å². The second-order valence-electron chi connectivity index (χ2n) is 5.61. The number of anilines is 1. The third-order valence-corrected chi connectivity index (χ3v) is 3.84. The van der Waals surface area contributed by atoms with Gasteiger partial charge in [-0.25, -0.2) is 4.68 Å². The molecule has 0 aliphatic heterocycles. The number of hydrogen-bond donors (Lipinski definition) is 1. The summed E-state index contributed by atoms with van der Waals surface area (Å²) in [6, 6.07) is 0. The maximum atomic E-state index is 11.9. The van der Waals surface area contributed by atoms with Crippen molar-refractivity contribution in [1.82, 2.24) is 9.78 Å². The fourth-order valence-corrected chi connectivity index (χ4v) is 2.22. The molecule has 2 fully saturated rings. The quantitative estimate of drug-likeness (QED) is 0.866. The largest absolute Gasteiger partial charge is 0.310 e. The van der Waals surface area contributed by atoms with Gasteiger partial charge in [0, 0.05) is 18.0 Å². The third-order valence-electron chi connectivity index (χ3n) is 3.84. The molecule has 4 heteroatoms. The molecular formula is C13H19N3O. The van der Waals surface area contributed by atoms with E-state index in [-0.39, 0.29) is 11.8 Å². The summed E-state index contributed by atoms with van der Waals surface area (Å²) >= 11 is 0. The van der Waals surface area contributed by atoms with E-state index in [1.165, 1.54) is 12.8 Å². The summed E-state index contributed by atoms with van der Waals surface area (Å²) in [4.78, 5) is 11.9. The van der Waals surface area contributed by atoms with Gasteiger partial charge >= 0.3 is 0 Å². The van der Waals surface area contributed by atoms with Crippen LogP contribution in [0.3, 0.4) is 0 Å². The minimum Gasteiger partial charge on any atom is -0.310 e. The molecule has 2 aliphatic carbocycles. The summed E-state index contributed by atoms with van der Waals surface area (Å²) in [6.07, 6.45) is 5.47. The van der Waals surface area contributed by atoms with E-state index in [4.69, 9.17) is 0 Å². The van der Waals surface area contributed by atoms with Gasteiger partial charge in [-0.3, -0.25) is 4.79 Å². The van der Waals surface area contributed by atoms with Crippen LogP contribution >= 0.6 is 0 Å². The number of aryl methyl sites for hydroxylation is 1. The molecule has 1 heterocycles. The van der Waals surface area contributed by atoms with Crippen molar-refractivity contribution >= 4 is 11.7 Å². The van der Waals surface area contributed by atoms with Crippen LogP contribution in [-0.2, 0) is 11.3 Å². The first-order valence-electron chi connectivity index (χ1n) is 6.48. The van der Waals surface area contributed by atoms with E-state index in [1.54, 1.807) is 0 Å². The second kappa shape index (κ2) is 3.86. The predicted molar refractivity (Wildman–Crippen MR) is 65.6 cm³/mol. The summed E-state index contributed by atoms with van der Waals surface area (Å²) in [5.74, 6) is 2.61. The van der Waals surface area contributed by atoms with Crippen molar-refractivity contribution in [2.45, 2.75) is 39.7 Å². The molecule has 0 aromatic carbocycles. The van der Waals surface area contributed by atoms with E-state index < -0.39 is 0 Å². The van der Waals surface area contributed by atoms with Crippen molar-refractivity contribution < 1.29 is 4.79 Å². The lowest BCUT2D eigenvalue weighted by Gasteiger charge is -2.09. The highest BCUT2D eigenvalue weighted by Gasteiger charge is 2.39. The van der Waals surface area contributed by atoms with Gasteiger partial charge in [0.2, 0.25) is 5.91 Å². The molecule has 2 saturated carbocycles. The number of hydrogen-bond acceptors (Lipinski definition) is 2. The molecular weight excluding hydrogens is 214 g/mol. The zero-order valence-electron chi connectivity index (χ0n) is 10.4. The topological polar surface area (TPSA) is 46.9 Å². The molecule has 1 amide bonds. The number of nitrogens with one attached hydrogen (secondary N) is 1. The van der Waals surface area contributed by atoms with Crippen molar-refractivity contribution in [3.05, 3.63) is 11.8 Å². The average Bonchev–Trinajstić information content (AvgIpc) is 3.17. The Labute approximate surface area is 101 Å². The Bertz CT molecular complexity index is 448. The van der Waals surface area contributed by atoms with Gasteiger partial charge in [-0.2, -0.15) is 5.10 Å². The highest BCUT2D eigenvalue weighted by atomic mass is 16.2. The fourth-order valence-electron chi connectivity index (χ4n) is 2.22. The SMILES string of the molecule is Cc1cnn(CC2CC2)c1NC(=O)[C@H]1C[C@H]1C. The molecule has 3 rings (SSSR count). The number of amides is 1. The average molecular weight is 233 g/mol. The first-order chi connectivity index (χ1) is 8.15. The van der Waals surface area contributed by atoms with Crippen LogP contribution in [0.15, 0.2) is 6.20 Å². The maximum Gasteiger partial charge on any atom is 0.228 e. The molecule has 0 bridgehead atoms. The van der Waals surface area contributed by atoms with E-state index >= 15 is 0 Å². The smallest absolute Gasteiger partial charge is 0.228 e. The van der Waals surface area contributed by atoms with Crippen LogP contribution in [0.4, 0.5) is 5.82 Å². The zero-order valence-corrected chi connectivity index (χ0v) is 10.4. The number of aromatic nitrogens is 2. The van der Waals surface area contributed by atoms with Crippen LogP contribution in [0.2, 0.25) is 0 Å². The van der Waals surface area contributed by atoms with Crippen LogP contribution < -0.4 is 5.32 Å². The van der Waals surface area contributed by atoms with Crippen molar-refractivity contribution in [2.24, 2.45) is 17.8 Å². The van der Waals surface area contributed by atoms with E-state index in [2.05, 4.69) is 17.3 Å². The maximum absolute atomic E-state index is 11.9. The Balaban J connectivity index is 1.71. The van der Waals surface area contributed by atoms with E-state index in [0.717, 1.165) is 30.3 Å². The van der Waals surface area contributed by atoms with Crippen LogP contribution in [0.1, 0.15) is 31.7 Å². The van der Waals surface area contributed by atoms with Gasteiger partial charge in [-0.15, -0.1) is 0 Å². The molecule has 0 radical (unpaired) electrons. The van der Waals surface area contributed by atoms with Gasteiger partial charge in [0.15, 0.2) is 0 Å². The van der Waals surface area contributed by atoms with Gasteiger partial charge < -0.3 is 5.32 Å². The Hall–Kier alpha value is -1.32. The molecule has 17 heavy (non-hydrogen) atoms. The van der Waals surface area contributed by atoms with E-state index in [0.29, 0.717) is 5.92 Å². The van der Waals surface area contributed by atoms with Gasteiger partial charge in [0.05, 0.1) is 6.20 Å². The summed E-state index contributed by atoms with van der Waals surface area (Å²) in [5, 5.41) is 7.40. The van der Waals surface area contributed by atoms with Crippen molar-refractivity contribution in [2.75, 3.05) is 5.32 Å². The van der Waals surface area contributed by atoms with Crippen molar-refractivity contribution in [1.29, 1.82) is 0 Å². The highest BCUT2D eigenvalue weighted by molar-refractivity contribution is 5.94. The minimum atomic E-state index is 0.165. The van der Waals surface area contributed by atoms with Crippen LogP contribution in [0.5, 0.6) is 0 Å². The molecule has 1 aromatic heterocycles. The molecule has 92 valence electrons. The second-order valence-corrected chi connectivity index (χ2v) is 5.61. The van der Waals surface area contributed by atoms with Gasteiger partial charge in [-0.05, 0) is 38.0 Å². The molecule has 1 N–H and O–H groups in total. The Kier molecular flexibility index (Phi) is 2.45.